The number of hydrogen-bond acceptors (Lipinski definition) is 2. The third-order valence-electron chi connectivity index (χ3n) is 3.06. The van der Waals surface area contributed by atoms with Crippen LogP contribution in [0.15, 0.2) is 0 Å². The molecule has 1 N–H and O–H groups in total. The standard InChI is InChI=1S/C13H22N2O/c1-4-5-6-7-8-12(16)15-10-9-14-11-13(15,2)3/h1,14H,5-11H2,2-3H3. The SMILES string of the molecule is C#CCCCCC(=O)N1CCNCC1(C)C. The Labute approximate surface area is 98.6 Å². The number of unbranched alkanes of at least 4 members (excludes halogenated alkanes) is 2. The van der Waals surface area contributed by atoms with E-state index in [2.05, 4.69) is 25.1 Å². The van der Waals surface area contributed by atoms with Crippen LogP contribution in [-0.2, 0) is 4.79 Å². The largest absolute Gasteiger partial charge is 0.335 e. The van der Waals surface area contributed by atoms with Gasteiger partial charge >= 0.3 is 0 Å². The summed E-state index contributed by atoms with van der Waals surface area (Å²) in [6.07, 6.45) is 8.44. The fourth-order valence-electron chi connectivity index (χ4n) is 2.08. The Balaban J connectivity index is 2.37. The molecule has 0 atom stereocenters. The van der Waals surface area contributed by atoms with E-state index in [1.54, 1.807) is 0 Å². The molecule has 1 saturated heterocycles. The van der Waals surface area contributed by atoms with Crippen molar-refractivity contribution in [3.05, 3.63) is 0 Å². The molecule has 16 heavy (non-hydrogen) atoms. The Morgan fingerprint density at radius 2 is 2.25 bits per heavy atom. The van der Waals surface area contributed by atoms with Crippen LogP contribution < -0.4 is 5.32 Å². The number of carbonyl (C=O) groups excluding carboxylic acids is 1. The summed E-state index contributed by atoms with van der Waals surface area (Å²) in [5.74, 6) is 2.87. The number of amides is 1. The Morgan fingerprint density at radius 1 is 1.50 bits per heavy atom. The number of rotatable bonds is 4. The molecule has 0 radical (unpaired) electrons. The average molecular weight is 222 g/mol. The minimum Gasteiger partial charge on any atom is -0.335 e. The lowest BCUT2D eigenvalue weighted by molar-refractivity contribution is -0.137. The quantitative estimate of drug-likeness (QED) is 0.576. The van der Waals surface area contributed by atoms with E-state index in [1.807, 2.05) is 4.90 Å². The molecule has 3 nitrogen and oxygen atoms in total. The monoisotopic (exact) mass is 222 g/mol. The first-order valence-electron chi connectivity index (χ1n) is 6.02. The van der Waals surface area contributed by atoms with Gasteiger partial charge in [0.15, 0.2) is 0 Å². The number of hydrogen-bond donors (Lipinski definition) is 1. The van der Waals surface area contributed by atoms with Gasteiger partial charge in [-0.3, -0.25) is 4.79 Å². The van der Waals surface area contributed by atoms with Crippen molar-refractivity contribution in [2.75, 3.05) is 19.6 Å². The highest BCUT2D eigenvalue weighted by atomic mass is 16.2. The van der Waals surface area contributed by atoms with Crippen molar-refractivity contribution in [2.45, 2.75) is 45.1 Å². The minimum absolute atomic E-state index is 0.0541. The summed E-state index contributed by atoms with van der Waals surface area (Å²) < 4.78 is 0. The second-order valence-corrected chi connectivity index (χ2v) is 4.95. The maximum absolute atomic E-state index is 12.0. The number of terminal acetylenes is 1. The Morgan fingerprint density at radius 3 is 2.88 bits per heavy atom. The van der Waals surface area contributed by atoms with Gasteiger partial charge in [0.2, 0.25) is 5.91 Å². The van der Waals surface area contributed by atoms with Crippen molar-refractivity contribution < 1.29 is 4.79 Å². The van der Waals surface area contributed by atoms with Crippen molar-refractivity contribution in [3.8, 4) is 12.3 Å². The Kier molecular flexibility index (Phi) is 4.82. The fraction of sp³-hybridized carbons (Fsp3) is 0.769. The normalized spacial score (nSPS) is 19.2. The van der Waals surface area contributed by atoms with E-state index in [9.17, 15) is 4.79 Å². The van der Waals surface area contributed by atoms with E-state index in [-0.39, 0.29) is 11.4 Å². The van der Waals surface area contributed by atoms with Crippen LogP contribution in [0.3, 0.4) is 0 Å². The molecule has 90 valence electrons. The molecule has 0 spiro atoms. The van der Waals surface area contributed by atoms with Gasteiger partial charge in [-0.2, -0.15) is 0 Å². The van der Waals surface area contributed by atoms with Gasteiger partial charge in [0.1, 0.15) is 0 Å². The van der Waals surface area contributed by atoms with Gasteiger partial charge in [0.25, 0.3) is 0 Å². The second-order valence-electron chi connectivity index (χ2n) is 4.95. The topological polar surface area (TPSA) is 32.3 Å². The molecule has 0 aromatic carbocycles. The molecule has 1 rings (SSSR count). The summed E-state index contributed by atoms with van der Waals surface area (Å²) in [4.78, 5) is 14.0. The molecule has 0 unspecified atom stereocenters. The zero-order chi connectivity index (χ0) is 12.0. The summed E-state index contributed by atoms with van der Waals surface area (Å²) in [5, 5.41) is 3.32. The number of carbonyl (C=O) groups is 1. The molecule has 1 aliphatic rings. The first-order valence-corrected chi connectivity index (χ1v) is 6.02. The van der Waals surface area contributed by atoms with Crippen molar-refractivity contribution in [3.63, 3.8) is 0 Å². The van der Waals surface area contributed by atoms with E-state index < -0.39 is 0 Å². The van der Waals surface area contributed by atoms with Crippen molar-refractivity contribution in [2.24, 2.45) is 0 Å². The van der Waals surface area contributed by atoms with Gasteiger partial charge in [-0.05, 0) is 26.7 Å². The molecular weight excluding hydrogens is 200 g/mol. The van der Waals surface area contributed by atoms with E-state index in [0.29, 0.717) is 6.42 Å². The van der Waals surface area contributed by atoms with Crippen LogP contribution in [0.4, 0.5) is 0 Å². The highest BCUT2D eigenvalue weighted by Gasteiger charge is 2.32. The zero-order valence-electron chi connectivity index (χ0n) is 10.4. The predicted molar refractivity (Wildman–Crippen MR) is 66.0 cm³/mol. The van der Waals surface area contributed by atoms with E-state index in [0.717, 1.165) is 38.9 Å². The molecular formula is C13H22N2O. The van der Waals surface area contributed by atoms with E-state index in [4.69, 9.17) is 6.42 Å². The van der Waals surface area contributed by atoms with Crippen LogP contribution in [0.1, 0.15) is 39.5 Å². The van der Waals surface area contributed by atoms with Gasteiger partial charge in [-0.25, -0.2) is 0 Å². The van der Waals surface area contributed by atoms with Crippen molar-refractivity contribution in [1.82, 2.24) is 10.2 Å². The van der Waals surface area contributed by atoms with Gasteiger partial charge in [0.05, 0.1) is 0 Å². The number of nitrogens with zero attached hydrogens (tertiary/aromatic N) is 1. The van der Waals surface area contributed by atoms with Crippen LogP contribution in [0.5, 0.6) is 0 Å². The van der Waals surface area contributed by atoms with Gasteiger partial charge in [-0.15, -0.1) is 12.3 Å². The average Bonchev–Trinajstić information content (AvgIpc) is 2.23. The highest BCUT2D eigenvalue weighted by Crippen LogP contribution is 2.18. The van der Waals surface area contributed by atoms with E-state index in [1.165, 1.54) is 0 Å². The number of piperazine rings is 1. The summed E-state index contributed by atoms with van der Waals surface area (Å²) in [6, 6.07) is 0. The van der Waals surface area contributed by atoms with Crippen LogP contribution in [-0.4, -0.2) is 36.0 Å². The molecule has 0 aliphatic carbocycles. The van der Waals surface area contributed by atoms with E-state index >= 15 is 0 Å². The van der Waals surface area contributed by atoms with Crippen molar-refractivity contribution in [1.29, 1.82) is 0 Å². The third-order valence-corrected chi connectivity index (χ3v) is 3.06. The summed E-state index contributed by atoms with van der Waals surface area (Å²) in [5.41, 5.74) is -0.0541. The maximum Gasteiger partial charge on any atom is 0.223 e. The fourth-order valence-corrected chi connectivity index (χ4v) is 2.08. The molecule has 1 heterocycles. The zero-order valence-corrected chi connectivity index (χ0v) is 10.4. The van der Waals surface area contributed by atoms with Gasteiger partial charge < -0.3 is 10.2 Å². The summed E-state index contributed by atoms with van der Waals surface area (Å²) in [6.45, 7) is 6.82. The molecule has 0 bridgehead atoms. The second kappa shape index (κ2) is 5.91. The predicted octanol–water partition coefficient (Wildman–Crippen LogP) is 1.39. The van der Waals surface area contributed by atoms with Gasteiger partial charge in [0, 0.05) is 38.0 Å². The number of nitrogens with one attached hydrogen (secondary N) is 1. The molecule has 3 heteroatoms. The Bertz CT molecular complexity index is 278. The van der Waals surface area contributed by atoms with Crippen LogP contribution in [0, 0.1) is 12.3 Å². The molecule has 0 aromatic heterocycles. The first-order chi connectivity index (χ1) is 7.58. The van der Waals surface area contributed by atoms with Crippen LogP contribution in [0.25, 0.3) is 0 Å². The minimum atomic E-state index is -0.0541. The lowest BCUT2D eigenvalue weighted by Crippen LogP contribution is -2.59. The molecule has 1 fully saturated rings. The highest BCUT2D eigenvalue weighted by molar-refractivity contribution is 5.77. The molecule has 0 saturated carbocycles. The maximum atomic E-state index is 12.0. The third kappa shape index (κ3) is 3.53. The lowest BCUT2D eigenvalue weighted by Gasteiger charge is -2.43. The molecule has 0 aromatic rings. The Hall–Kier alpha value is -1.01. The molecule has 1 amide bonds. The van der Waals surface area contributed by atoms with Crippen LogP contribution in [0.2, 0.25) is 0 Å². The molecule has 1 aliphatic heterocycles. The first kappa shape index (κ1) is 13.1. The smallest absolute Gasteiger partial charge is 0.223 e. The lowest BCUT2D eigenvalue weighted by atomic mass is 9.99. The summed E-state index contributed by atoms with van der Waals surface area (Å²) >= 11 is 0. The van der Waals surface area contributed by atoms with Crippen LogP contribution >= 0.6 is 0 Å². The van der Waals surface area contributed by atoms with Crippen molar-refractivity contribution >= 4 is 5.91 Å². The summed E-state index contributed by atoms with van der Waals surface area (Å²) in [7, 11) is 0. The van der Waals surface area contributed by atoms with Gasteiger partial charge in [-0.1, -0.05) is 0 Å².